The first-order valence-corrected chi connectivity index (χ1v) is 11.1. The van der Waals surface area contributed by atoms with Crippen LogP contribution in [0.25, 0.3) is 0 Å². The minimum Gasteiger partial charge on any atom is -0.463 e. The number of rotatable bonds is 8. The molecule has 29 heavy (non-hydrogen) atoms. The number of amides is 2. The molecule has 1 atom stereocenters. The van der Waals surface area contributed by atoms with E-state index in [0.717, 1.165) is 21.6 Å². The molecule has 0 radical (unpaired) electrons. The minimum atomic E-state index is -0.637. The van der Waals surface area contributed by atoms with Gasteiger partial charge in [-0.25, -0.2) is 9.59 Å². The van der Waals surface area contributed by atoms with Gasteiger partial charge in [-0.3, -0.25) is 0 Å². The zero-order valence-electron chi connectivity index (χ0n) is 15.8. The molecular formula is C18H20ClN5O3S2. The van der Waals surface area contributed by atoms with Gasteiger partial charge in [-0.2, -0.15) is 0 Å². The summed E-state index contributed by atoms with van der Waals surface area (Å²) in [5.41, 5.74) is 1.58. The molecule has 2 aromatic rings. The molecule has 3 N–H and O–H groups in total. The quantitative estimate of drug-likeness (QED) is 0.414. The number of nitrogens with zero attached hydrogens (tertiary/aromatic N) is 2. The Kier molecular flexibility index (Phi) is 7.34. The molecule has 0 aliphatic carbocycles. The lowest BCUT2D eigenvalue weighted by Crippen LogP contribution is -2.46. The fraction of sp³-hybridized carbons (Fsp3) is 0.333. The number of thioether (sulfide) groups is 1. The minimum absolute atomic E-state index is 0.229. The van der Waals surface area contributed by atoms with Crippen molar-refractivity contribution in [1.29, 1.82) is 0 Å². The fourth-order valence-electron chi connectivity index (χ4n) is 2.71. The van der Waals surface area contributed by atoms with E-state index < -0.39 is 12.0 Å². The first kappa shape index (κ1) is 21.4. The van der Waals surface area contributed by atoms with Crippen molar-refractivity contribution in [1.82, 2.24) is 20.8 Å². The Morgan fingerprint density at radius 3 is 2.76 bits per heavy atom. The number of nitrogens with one attached hydrogen (secondary N) is 3. The van der Waals surface area contributed by atoms with E-state index in [9.17, 15) is 9.59 Å². The third kappa shape index (κ3) is 5.40. The van der Waals surface area contributed by atoms with Gasteiger partial charge in [-0.15, -0.1) is 10.2 Å². The second-order valence-corrected chi connectivity index (χ2v) is 8.52. The van der Waals surface area contributed by atoms with Crippen LogP contribution in [0.2, 0.25) is 5.02 Å². The van der Waals surface area contributed by atoms with E-state index in [1.54, 1.807) is 31.2 Å². The average Bonchev–Trinajstić information content (AvgIpc) is 3.14. The van der Waals surface area contributed by atoms with Gasteiger partial charge in [0.2, 0.25) is 5.13 Å². The van der Waals surface area contributed by atoms with Gasteiger partial charge in [0, 0.05) is 23.0 Å². The van der Waals surface area contributed by atoms with Crippen LogP contribution in [0.3, 0.4) is 0 Å². The third-order valence-electron chi connectivity index (χ3n) is 3.93. The van der Waals surface area contributed by atoms with Crippen molar-refractivity contribution in [3.63, 3.8) is 0 Å². The van der Waals surface area contributed by atoms with Gasteiger partial charge in [0.05, 0.1) is 18.2 Å². The Balaban J connectivity index is 1.90. The van der Waals surface area contributed by atoms with E-state index in [2.05, 4.69) is 26.1 Å². The molecule has 1 aliphatic rings. The molecule has 1 unspecified atom stereocenters. The lowest BCUT2D eigenvalue weighted by Gasteiger charge is -2.29. The Morgan fingerprint density at radius 1 is 1.31 bits per heavy atom. The molecule has 2 amide bonds. The summed E-state index contributed by atoms with van der Waals surface area (Å²) in [6.07, 6.45) is 0. The van der Waals surface area contributed by atoms with Crippen molar-refractivity contribution in [2.45, 2.75) is 24.2 Å². The van der Waals surface area contributed by atoms with Crippen LogP contribution in [-0.2, 0) is 9.53 Å². The Hall–Kier alpha value is -2.30. The molecule has 3 rings (SSSR count). The summed E-state index contributed by atoms with van der Waals surface area (Å²) in [6, 6.07) is 5.95. The molecule has 0 bridgehead atoms. The van der Waals surface area contributed by atoms with Crippen LogP contribution in [0.4, 0.5) is 9.93 Å². The fourth-order valence-corrected chi connectivity index (χ4v) is 4.63. The molecule has 1 aromatic carbocycles. The van der Waals surface area contributed by atoms with Crippen LogP contribution >= 0.6 is 34.7 Å². The largest absolute Gasteiger partial charge is 0.463 e. The maximum atomic E-state index is 12.7. The second-order valence-electron chi connectivity index (χ2n) is 5.89. The smallest absolute Gasteiger partial charge is 0.338 e. The van der Waals surface area contributed by atoms with Gasteiger partial charge in [-0.1, -0.05) is 46.8 Å². The van der Waals surface area contributed by atoms with Crippen LogP contribution in [-0.4, -0.2) is 41.1 Å². The van der Waals surface area contributed by atoms with E-state index in [1.807, 2.05) is 6.92 Å². The van der Waals surface area contributed by atoms with Crippen LogP contribution in [0.15, 0.2) is 39.9 Å². The van der Waals surface area contributed by atoms with E-state index >= 15 is 0 Å². The molecule has 2 heterocycles. The van der Waals surface area contributed by atoms with Crippen LogP contribution in [0, 0.1) is 0 Å². The molecule has 11 heteroatoms. The molecule has 0 spiro atoms. The zero-order valence-corrected chi connectivity index (χ0v) is 18.2. The number of carbonyl (C=O) groups is 2. The number of carbonyl (C=O) groups excluding carboxylic acids is 2. The predicted octanol–water partition coefficient (Wildman–Crippen LogP) is 3.59. The van der Waals surface area contributed by atoms with Crippen LogP contribution in [0.1, 0.15) is 25.5 Å². The Labute approximate surface area is 181 Å². The number of urea groups is 1. The van der Waals surface area contributed by atoms with E-state index in [0.29, 0.717) is 22.0 Å². The summed E-state index contributed by atoms with van der Waals surface area (Å²) >= 11 is 8.78. The number of anilines is 1. The molecule has 0 saturated carbocycles. The summed E-state index contributed by atoms with van der Waals surface area (Å²) in [5, 5.41) is 18.1. The summed E-state index contributed by atoms with van der Waals surface area (Å²) in [6.45, 7) is 4.70. The standard InChI is InChI=1S/C18H20ClN5O3S2/c1-3-20-17-23-24-18(29-17)28-9-12-13(15(25)27-4-2)14(22-16(26)21-12)10-5-7-11(19)8-6-10/h5-8,14H,3-4,9H2,1-2H3,(H,20,23)(H2,21,22,26). The van der Waals surface area contributed by atoms with Crippen molar-refractivity contribution in [2.75, 3.05) is 24.2 Å². The van der Waals surface area contributed by atoms with Crippen LogP contribution in [0.5, 0.6) is 0 Å². The van der Waals surface area contributed by atoms with E-state index in [-0.39, 0.29) is 12.6 Å². The number of hydrogen-bond donors (Lipinski definition) is 3. The number of aromatic nitrogens is 2. The SMILES string of the molecule is CCNc1nnc(SCC2=C(C(=O)OCC)C(c3ccc(Cl)cc3)NC(=O)N2)s1. The highest BCUT2D eigenvalue weighted by Crippen LogP contribution is 2.32. The van der Waals surface area contributed by atoms with Gasteiger partial charge in [0.15, 0.2) is 4.34 Å². The number of ether oxygens (including phenoxy) is 1. The number of benzene rings is 1. The normalized spacial score (nSPS) is 16.2. The molecule has 8 nitrogen and oxygen atoms in total. The monoisotopic (exact) mass is 453 g/mol. The molecule has 1 aliphatic heterocycles. The zero-order chi connectivity index (χ0) is 20.8. The molecule has 1 aromatic heterocycles. The van der Waals surface area contributed by atoms with Crippen molar-refractivity contribution >= 4 is 51.8 Å². The number of halogens is 1. The summed E-state index contributed by atoms with van der Waals surface area (Å²) in [4.78, 5) is 25.0. The maximum Gasteiger partial charge on any atom is 0.338 e. The molecule has 0 fully saturated rings. The second kappa shape index (κ2) is 9.95. The van der Waals surface area contributed by atoms with Gasteiger partial charge < -0.3 is 20.7 Å². The first-order valence-electron chi connectivity index (χ1n) is 8.95. The van der Waals surface area contributed by atoms with E-state index in [1.165, 1.54) is 23.1 Å². The highest BCUT2D eigenvalue weighted by molar-refractivity contribution is 8.01. The highest BCUT2D eigenvalue weighted by atomic mass is 35.5. The van der Waals surface area contributed by atoms with Crippen LogP contribution < -0.4 is 16.0 Å². The van der Waals surface area contributed by atoms with Gasteiger partial charge in [-0.05, 0) is 31.5 Å². The summed E-state index contributed by atoms with van der Waals surface area (Å²) < 4.78 is 5.98. The molecule has 154 valence electrons. The highest BCUT2D eigenvalue weighted by Gasteiger charge is 2.33. The first-order chi connectivity index (χ1) is 14.0. The average molecular weight is 454 g/mol. The van der Waals surface area contributed by atoms with Crippen molar-refractivity contribution in [2.24, 2.45) is 0 Å². The molecular weight excluding hydrogens is 434 g/mol. The van der Waals surface area contributed by atoms with Crippen molar-refractivity contribution in [3.8, 4) is 0 Å². The number of hydrogen-bond acceptors (Lipinski definition) is 8. The van der Waals surface area contributed by atoms with Gasteiger partial charge in [0.1, 0.15) is 0 Å². The van der Waals surface area contributed by atoms with Gasteiger partial charge in [0.25, 0.3) is 0 Å². The van der Waals surface area contributed by atoms with Crippen molar-refractivity contribution < 1.29 is 14.3 Å². The lowest BCUT2D eigenvalue weighted by molar-refractivity contribution is -0.139. The van der Waals surface area contributed by atoms with Gasteiger partial charge >= 0.3 is 12.0 Å². The number of esters is 1. The van der Waals surface area contributed by atoms with Crippen molar-refractivity contribution in [3.05, 3.63) is 46.1 Å². The Bertz CT molecular complexity index is 916. The predicted molar refractivity (Wildman–Crippen MR) is 114 cm³/mol. The summed E-state index contributed by atoms with van der Waals surface area (Å²) in [7, 11) is 0. The maximum absolute atomic E-state index is 12.7. The topological polar surface area (TPSA) is 105 Å². The Morgan fingerprint density at radius 2 is 2.07 bits per heavy atom. The third-order valence-corrected chi connectivity index (χ3v) is 6.22. The lowest BCUT2D eigenvalue weighted by atomic mass is 9.95. The van der Waals surface area contributed by atoms with E-state index in [4.69, 9.17) is 16.3 Å². The molecule has 0 saturated heterocycles. The summed E-state index contributed by atoms with van der Waals surface area (Å²) in [5.74, 6) is -0.145.